The number of amides is 3. The molecule has 110 valence electrons. The lowest BCUT2D eigenvalue weighted by Crippen LogP contribution is -2.46. The minimum atomic E-state index is -1.22. The lowest BCUT2D eigenvalue weighted by molar-refractivity contribution is -0.139. The Morgan fingerprint density at radius 3 is 2.70 bits per heavy atom. The van der Waals surface area contributed by atoms with Gasteiger partial charge in [-0.3, -0.25) is 4.79 Å². The van der Waals surface area contributed by atoms with E-state index in [4.69, 9.17) is 15.3 Å². The van der Waals surface area contributed by atoms with Crippen LogP contribution in [0.1, 0.15) is 18.6 Å². The van der Waals surface area contributed by atoms with Crippen LogP contribution < -0.4 is 16.4 Å². The number of carboxylic acid groups (broad SMARTS) is 1. The SMILES string of the molecule is NC(=O)CC[C@@H](NC(=O)NCCc1ccco1)C(=O)O. The van der Waals surface area contributed by atoms with Crippen LogP contribution in [0, 0.1) is 0 Å². The van der Waals surface area contributed by atoms with Crippen LogP contribution in [0.15, 0.2) is 22.8 Å². The first-order chi connectivity index (χ1) is 9.49. The molecular weight excluding hydrogens is 266 g/mol. The number of aliphatic carboxylic acids is 1. The minimum Gasteiger partial charge on any atom is -0.480 e. The predicted molar refractivity (Wildman–Crippen MR) is 68.8 cm³/mol. The molecular formula is C12H17N3O5. The fourth-order valence-corrected chi connectivity index (χ4v) is 1.51. The first kappa shape index (κ1) is 15.5. The lowest BCUT2D eigenvalue weighted by Gasteiger charge is -2.14. The first-order valence-corrected chi connectivity index (χ1v) is 6.07. The van der Waals surface area contributed by atoms with Crippen molar-refractivity contribution in [3.63, 3.8) is 0 Å². The van der Waals surface area contributed by atoms with Gasteiger partial charge >= 0.3 is 12.0 Å². The summed E-state index contributed by atoms with van der Waals surface area (Å²) in [5, 5.41) is 13.7. The van der Waals surface area contributed by atoms with Gasteiger partial charge in [-0.25, -0.2) is 9.59 Å². The van der Waals surface area contributed by atoms with Crippen LogP contribution in [0.4, 0.5) is 4.79 Å². The molecule has 0 saturated heterocycles. The summed E-state index contributed by atoms with van der Waals surface area (Å²) < 4.78 is 5.08. The average molecular weight is 283 g/mol. The van der Waals surface area contributed by atoms with E-state index in [1.54, 1.807) is 12.1 Å². The van der Waals surface area contributed by atoms with Gasteiger partial charge in [0.25, 0.3) is 0 Å². The standard InChI is InChI=1S/C12H17N3O5/c13-10(16)4-3-9(11(17)18)15-12(19)14-6-5-8-2-1-7-20-8/h1-2,7,9H,3-6H2,(H2,13,16)(H,17,18)(H2,14,15,19)/t9-/m1/s1. The zero-order valence-electron chi connectivity index (χ0n) is 10.8. The molecule has 0 fully saturated rings. The molecule has 1 heterocycles. The molecule has 5 N–H and O–H groups in total. The maximum Gasteiger partial charge on any atom is 0.326 e. The zero-order chi connectivity index (χ0) is 15.0. The van der Waals surface area contributed by atoms with Crippen LogP contribution in [-0.4, -0.2) is 35.6 Å². The highest BCUT2D eigenvalue weighted by atomic mass is 16.4. The van der Waals surface area contributed by atoms with Crippen LogP contribution in [0.3, 0.4) is 0 Å². The Hall–Kier alpha value is -2.51. The summed E-state index contributed by atoms with van der Waals surface area (Å²) >= 11 is 0. The molecule has 0 unspecified atom stereocenters. The van der Waals surface area contributed by atoms with Crippen LogP contribution in [-0.2, 0) is 16.0 Å². The number of carbonyl (C=O) groups excluding carboxylic acids is 2. The summed E-state index contributed by atoms with van der Waals surface area (Å²) in [6.07, 6.45) is 1.87. The highest BCUT2D eigenvalue weighted by molar-refractivity contribution is 5.83. The van der Waals surface area contributed by atoms with Crippen LogP contribution in [0.5, 0.6) is 0 Å². The van der Waals surface area contributed by atoms with E-state index in [9.17, 15) is 14.4 Å². The maximum atomic E-state index is 11.5. The fourth-order valence-electron chi connectivity index (χ4n) is 1.51. The van der Waals surface area contributed by atoms with Crippen molar-refractivity contribution in [3.05, 3.63) is 24.2 Å². The van der Waals surface area contributed by atoms with E-state index in [-0.39, 0.29) is 12.8 Å². The minimum absolute atomic E-state index is 0.0454. The van der Waals surface area contributed by atoms with E-state index >= 15 is 0 Å². The van der Waals surface area contributed by atoms with Gasteiger partial charge in [0.1, 0.15) is 11.8 Å². The molecule has 0 bridgehead atoms. The quantitative estimate of drug-likeness (QED) is 0.526. The second-order valence-corrected chi connectivity index (χ2v) is 4.13. The number of carboxylic acids is 1. The number of primary amides is 1. The van der Waals surface area contributed by atoms with Crippen molar-refractivity contribution in [2.75, 3.05) is 6.54 Å². The van der Waals surface area contributed by atoms with Gasteiger partial charge in [-0.2, -0.15) is 0 Å². The van der Waals surface area contributed by atoms with E-state index in [1.165, 1.54) is 6.26 Å². The van der Waals surface area contributed by atoms with Crippen molar-refractivity contribution in [2.24, 2.45) is 5.73 Å². The Kier molecular flexibility index (Phi) is 6.08. The number of nitrogens with one attached hydrogen (secondary N) is 2. The molecule has 1 atom stereocenters. The molecule has 8 heteroatoms. The van der Waals surface area contributed by atoms with Crippen LogP contribution in [0.25, 0.3) is 0 Å². The summed E-state index contributed by atoms with van der Waals surface area (Å²) in [5.41, 5.74) is 4.94. The average Bonchev–Trinajstić information content (AvgIpc) is 2.87. The first-order valence-electron chi connectivity index (χ1n) is 6.07. The summed E-state index contributed by atoms with van der Waals surface area (Å²) in [4.78, 5) is 33.0. The topological polar surface area (TPSA) is 135 Å². The largest absolute Gasteiger partial charge is 0.480 e. The molecule has 0 spiro atoms. The molecule has 0 aliphatic carbocycles. The summed E-state index contributed by atoms with van der Waals surface area (Å²) in [6, 6.07) is 1.74. The van der Waals surface area contributed by atoms with Crippen molar-refractivity contribution in [2.45, 2.75) is 25.3 Å². The molecule has 20 heavy (non-hydrogen) atoms. The van der Waals surface area contributed by atoms with Crippen LogP contribution in [0.2, 0.25) is 0 Å². The number of nitrogens with two attached hydrogens (primary N) is 1. The zero-order valence-corrected chi connectivity index (χ0v) is 10.8. The third-order valence-electron chi connectivity index (χ3n) is 2.52. The molecule has 3 amide bonds. The third kappa shape index (κ3) is 5.89. The number of hydrogen-bond donors (Lipinski definition) is 4. The molecule has 0 aliphatic rings. The highest BCUT2D eigenvalue weighted by Gasteiger charge is 2.20. The van der Waals surface area contributed by atoms with Gasteiger partial charge in [-0.15, -0.1) is 0 Å². The van der Waals surface area contributed by atoms with Gasteiger partial charge < -0.3 is 25.9 Å². The Morgan fingerprint density at radius 2 is 2.15 bits per heavy atom. The third-order valence-corrected chi connectivity index (χ3v) is 2.52. The molecule has 0 aliphatic heterocycles. The number of carbonyl (C=O) groups is 3. The summed E-state index contributed by atoms with van der Waals surface area (Å²) in [6.45, 7) is 0.307. The monoisotopic (exact) mass is 283 g/mol. The Morgan fingerprint density at radius 1 is 1.40 bits per heavy atom. The van der Waals surface area contributed by atoms with Gasteiger partial charge in [-0.1, -0.05) is 0 Å². The van der Waals surface area contributed by atoms with Crippen LogP contribution >= 0.6 is 0 Å². The maximum absolute atomic E-state index is 11.5. The van der Waals surface area contributed by atoms with Gasteiger partial charge in [0.05, 0.1) is 6.26 Å². The molecule has 0 radical (unpaired) electrons. The number of rotatable bonds is 8. The van der Waals surface area contributed by atoms with Crippen molar-refractivity contribution in [1.29, 1.82) is 0 Å². The van der Waals surface area contributed by atoms with Gasteiger partial charge in [0, 0.05) is 19.4 Å². The van der Waals surface area contributed by atoms with Crippen molar-refractivity contribution >= 4 is 17.9 Å². The lowest BCUT2D eigenvalue weighted by atomic mass is 10.1. The second-order valence-electron chi connectivity index (χ2n) is 4.13. The smallest absolute Gasteiger partial charge is 0.326 e. The van der Waals surface area contributed by atoms with E-state index in [0.717, 1.165) is 0 Å². The molecule has 1 rings (SSSR count). The second kappa shape index (κ2) is 7.82. The Labute approximate surface area is 115 Å². The molecule has 0 aromatic carbocycles. The molecule has 1 aromatic rings. The van der Waals surface area contributed by atoms with Gasteiger partial charge in [0.2, 0.25) is 5.91 Å². The van der Waals surface area contributed by atoms with E-state index in [2.05, 4.69) is 10.6 Å². The van der Waals surface area contributed by atoms with E-state index in [0.29, 0.717) is 18.7 Å². The predicted octanol–water partition coefficient (Wildman–Crippen LogP) is -0.160. The van der Waals surface area contributed by atoms with Crippen molar-refractivity contribution in [3.8, 4) is 0 Å². The summed E-state index contributed by atoms with van der Waals surface area (Å²) in [5.74, 6) is -1.11. The van der Waals surface area contributed by atoms with Crippen molar-refractivity contribution < 1.29 is 23.9 Å². The molecule has 8 nitrogen and oxygen atoms in total. The van der Waals surface area contributed by atoms with E-state index in [1.807, 2.05) is 0 Å². The van der Waals surface area contributed by atoms with Crippen molar-refractivity contribution in [1.82, 2.24) is 10.6 Å². The van der Waals surface area contributed by atoms with E-state index < -0.39 is 23.9 Å². The molecule has 1 aromatic heterocycles. The normalized spacial score (nSPS) is 11.6. The van der Waals surface area contributed by atoms with Gasteiger partial charge in [-0.05, 0) is 18.6 Å². The fraction of sp³-hybridized carbons (Fsp3) is 0.417. The highest BCUT2D eigenvalue weighted by Crippen LogP contribution is 2.00. The number of hydrogen-bond acceptors (Lipinski definition) is 4. The number of furan rings is 1. The van der Waals surface area contributed by atoms with Gasteiger partial charge in [0.15, 0.2) is 0 Å². The Balaban J connectivity index is 2.30. The number of urea groups is 1. The Bertz CT molecular complexity index is 458. The molecule has 0 saturated carbocycles. The summed E-state index contributed by atoms with van der Waals surface area (Å²) in [7, 11) is 0.